The van der Waals surface area contributed by atoms with Crippen molar-refractivity contribution in [1.82, 2.24) is 20.4 Å². The second kappa shape index (κ2) is 5.92. The highest BCUT2D eigenvalue weighted by Gasteiger charge is 2.31. The molecule has 4 heterocycles. The number of fused-ring (bicyclic) bond motifs is 2. The number of hydrogen-bond acceptors (Lipinski definition) is 5. The highest BCUT2D eigenvalue weighted by molar-refractivity contribution is 5.97. The van der Waals surface area contributed by atoms with Crippen molar-refractivity contribution < 1.29 is 9.32 Å². The predicted octanol–water partition coefficient (Wildman–Crippen LogP) is 1.86. The highest BCUT2D eigenvalue weighted by Crippen LogP contribution is 2.28. The summed E-state index contributed by atoms with van der Waals surface area (Å²) in [6, 6.07) is 1.88. The summed E-state index contributed by atoms with van der Waals surface area (Å²) in [6.45, 7) is 5.89. The molecule has 6 heteroatoms. The first kappa shape index (κ1) is 14.6. The molecule has 1 N–H and O–H groups in total. The molecule has 23 heavy (non-hydrogen) atoms. The number of likely N-dealkylation sites (tertiary alicyclic amines) is 1. The van der Waals surface area contributed by atoms with E-state index >= 15 is 0 Å². The lowest BCUT2D eigenvalue weighted by atomic mass is 9.92. The van der Waals surface area contributed by atoms with Crippen LogP contribution in [0.3, 0.4) is 0 Å². The van der Waals surface area contributed by atoms with Gasteiger partial charge in [0.2, 0.25) is 0 Å². The van der Waals surface area contributed by atoms with E-state index < -0.39 is 0 Å². The van der Waals surface area contributed by atoms with Crippen LogP contribution in [0.2, 0.25) is 0 Å². The van der Waals surface area contributed by atoms with E-state index in [1.807, 2.05) is 17.9 Å². The molecule has 0 bridgehead atoms. The van der Waals surface area contributed by atoms with Crippen molar-refractivity contribution in [3.8, 4) is 0 Å². The summed E-state index contributed by atoms with van der Waals surface area (Å²) in [5.74, 6) is 1.52. The summed E-state index contributed by atoms with van der Waals surface area (Å²) in [6.07, 6.45) is 4.56. The van der Waals surface area contributed by atoms with Gasteiger partial charge in [0.25, 0.3) is 11.6 Å². The molecule has 0 saturated carbocycles. The normalized spacial score (nSPS) is 24.7. The molecule has 0 aliphatic carbocycles. The molecule has 2 saturated heterocycles. The van der Waals surface area contributed by atoms with Gasteiger partial charge in [-0.15, -0.1) is 0 Å². The number of carbonyl (C=O) groups is 1. The molecule has 1 amide bonds. The number of nitrogens with one attached hydrogen (secondary N) is 1. The van der Waals surface area contributed by atoms with Crippen LogP contribution in [-0.2, 0) is 6.42 Å². The summed E-state index contributed by atoms with van der Waals surface area (Å²) >= 11 is 0. The largest absolute Gasteiger partial charge is 0.339 e. The van der Waals surface area contributed by atoms with Crippen molar-refractivity contribution in [3.63, 3.8) is 0 Å². The van der Waals surface area contributed by atoms with Crippen LogP contribution in [0.25, 0.3) is 11.1 Å². The van der Waals surface area contributed by atoms with Gasteiger partial charge in [0.1, 0.15) is 0 Å². The van der Waals surface area contributed by atoms with Gasteiger partial charge in [0, 0.05) is 19.3 Å². The topological polar surface area (TPSA) is 71.3 Å². The average molecular weight is 314 g/mol. The molecule has 2 aromatic rings. The first-order valence-electron chi connectivity index (χ1n) is 8.50. The van der Waals surface area contributed by atoms with Crippen LogP contribution in [0.1, 0.15) is 35.8 Å². The number of aryl methyl sites for hydroxylation is 1. The number of pyridine rings is 1. The summed E-state index contributed by atoms with van der Waals surface area (Å²) in [7, 11) is 0. The average Bonchev–Trinajstić information content (AvgIpc) is 3.15. The quantitative estimate of drug-likeness (QED) is 0.916. The second-order valence-corrected chi connectivity index (χ2v) is 6.61. The van der Waals surface area contributed by atoms with E-state index in [-0.39, 0.29) is 5.91 Å². The van der Waals surface area contributed by atoms with Gasteiger partial charge in [-0.3, -0.25) is 4.79 Å². The van der Waals surface area contributed by atoms with Gasteiger partial charge in [-0.2, -0.15) is 0 Å². The second-order valence-electron chi connectivity index (χ2n) is 6.61. The van der Waals surface area contributed by atoms with Crippen LogP contribution in [-0.4, -0.2) is 47.1 Å². The van der Waals surface area contributed by atoms with Gasteiger partial charge in [0.05, 0.1) is 16.6 Å². The lowest BCUT2D eigenvalue weighted by molar-refractivity contribution is 0.0758. The molecule has 2 atom stereocenters. The molecule has 0 spiro atoms. The van der Waals surface area contributed by atoms with E-state index in [9.17, 15) is 4.79 Å². The van der Waals surface area contributed by atoms with E-state index in [4.69, 9.17) is 4.52 Å². The SMILES string of the molecule is CCc1noc2ncc(C(=O)N3CC[C@@H]4CNC[C@@H]4CC3)cc12. The van der Waals surface area contributed by atoms with E-state index in [1.54, 1.807) is 6.20 Å². The van der Waals surface area contributed by atoms with Crippen LogP contribution < -0.4 is 5.32 Å². The minimum atomic E-state index is 0.0792. The lowest BCUT2D eigenvalue weighted by Crippen LogP contribution is -2.32. The van der Waals surface area contributed by atoms with E-state index in [2.05, 4.69) is 15.5 Å². The number of nitrogens with zero attached hydrogens (tertiary/aromatic N) is 3. The van der Waals surface area contributed by atoms with Crippen LogP contribution in [0, 0.1) is 11.8 Å². The third kappa shape index (κ3) is 2.61. The van der Waals surface area contributed by atoms with Crippen molar-refractivity contribution in [2.75, 3.05) is 26.2 Å². The van der Waals surface area contributed by atoms with E-state index in [0.29, 0.717) is 11.3 Å². The number of rotatable bonds is 2. The third-order valence-corrected chi connectivity index (χ3v) is 5.29. The van der Waals surface area contributed by atoms with Crippen molar-refractivity contribution in [3.05, 3.63) is 23.5 Å². The third-order valence-electron chi connectivity index (χ3n) is 5.29. The summed E-state index contributed by atoms with van der Waals surface area (Å²) in [4.78, 5) is 19.1. The first-order chi connectivity index (χ1) is 11.3. The Bertz CT molecular complexity index is 712. The van der Waals surface area contributed by atoms with Gasteiger partial charge in [-0.1, -0.05) is 12.1 Å². The van der Waals surface area contributed by atoms with Crippen molar-refractivity contribution in [2.24, 2.45) is 11.8 Å². The Kier molecular flexibility index (Phi) is 3.77. The molecule has 0 radical (unpaired) electrons. The Morgan fingerprint density at radius 1 is 1.35 bits per heavy atom. The zero-order valence-electron chi connectivity index (χ0n) is 13.4. The van der Waals surface area contributed by atoms with Crippen LogP contribution in [0.15, 0.2) is 16.8 Å². The summed E-state index contributed by atoms with van der Waals surface area (Å²) in [5, 5.41) is 8.33. The first-order valence-corrected chi connectivity index (χ1v) is 8.50. The maximum atomic E-state index is 12.9. The van der Waals surface area contributed by atoms with Gasteiger partial charge in [-0.25, -0.2) is 4.98 Å². The molecule has 4 rings (SSSR count). The fraction of sp³-hybridized carbons (Fsp3) is 0.588. The Hall–Kier alpha value is -1.95. The molecule has 0 aromatic carbocycles. The minimum Gasteiger partial charge on any atom is -0.339 e. The Morgan fingerprint density at radius 3 is 2.78 bits per heavy atom. The van der Waals surface area contributed by atoms with Crippen molar-refractivity contribution in [2.45, 2.75) is 26.2 Å². The van der Waals surface area contributed by atoms with E-state index in [0.717, 1.165) is 68.4 Å². The molecule has 2 aliphatic heterocycles. The van der Waals surface area contributed by atoms with E-state index in [1.165, 1.54) is 0 Å². The lowest BCUT2D eigenvalue weighted by Gasteiger charge is -2.20. The zero-order valence-corrected chi connectivity index (χ0v) is 13.4. The molecule has 122 valence electrons. The zero-order chi connectivity index (χ0) is 15.8. The molecule has 0 unspecified atom stereocenters. The monoisotopic (exact) mass is 314 g/mol. The number of hydrogen-bond donors (Lipinski definition) is 1. The Balaban J connectivity index is 1.56. The van der Waals surface area contributed by atoms with Crippen molar-refractivity contribution >= 4 is 17.0 Å². The Labute approximate surface area is 135 Å². The number of amides is 1. The minimum absolute atomic E-state index is 0.0792. The Morgan fingerprint density at radius 2 is 2.09 bits per heavy atom. The van der Waals surface area contributed by atoms with Crippen LogP contribution in [0.4, 0.5) is 0 Å². The fourth-order valence-electron chi connectivity index (χ4n) is 3.85. The van der Waals surface area contributed by atoms with Gasteiger partial charge < -0.3 is 14.7 Å². The van der Waals surface area contributed by atoms with Crippen molar-refractivity contribution in [1.29, 1.82) is 0 Å². The maximum absolute atomic E-state index is 12.9. The number of aromatic nitrogens is 2. The highest BCUT2D eigenvalue weighted by atomic mass is 16.5. The molecule has 6 nitrogen and oxygen atoms in total. The van der Waals surface area contributed by atoms with Crippen LogP contribution >= 0.6 is 0 Å². The van der Waals surface area contributed by atoms with Gasteiger partial charge in [0.15, 0.2) is 0 Å². The molecule has 2 aromatic heterocycles. The summed E-state index contributed by atoms with van der Waals surface area (Å²) < 4.78 is 5.20. The summed E-state index contributed by atoms with van der Waals surface area (Å²) in [5.41, 5.74) is 2.01. The molecular weight excluding hydrogens is 292 g/mol. The number of carbonyl (C=O) groups excluding carboxylic acids is 1. The maximum Gasteiger partial charge on any atom is 0.257 e. The van der Waals surface area contributed by atoms with Gasteiger partial charge in [-0.05, 0) is 50.3 Å². The van der Waals surface area contributed by atoms with Crippen LogP contribution in [0.5, 0.6) is 0 Å². The fourth-order valence-corrected chi connectivity index (χ4v) is 3.85. The molecular formula is C17H22N4O2. The molecule has 2 fully saturated rings. The standard InChI is InChI=1S/C17H22N4O2/c1-2-15-14-7-13(10-19-16(14)23-20-15)17(22)21-5-3-11-8-18-9-12(11)4-6-21/h7,10-12,18H,2-6,8-9H2,1H3/t11-,12+. The van der Waals surface area contributed by atoms with Gasteiger partial charge >= 0.3 is 0 Å². The molecule has 2 aliphatic rings. The smallest absolute Gasteiger partial charge is 0.257 e. The predicted molar refractivity (Wildman–Crippen MR) is 86.2 cm³/mol.